The van der Waals surface area contributed by atoms with Crippen LogP contribution in [0.1, 0.15) is 12.1 Å². The summed E-state index contributed by atoms with van der Waals surface area (Å²) < 4.78 is 13.6. The van der Waals surface area contributed by atoms with Gasteiger partial charge in [0.2, 0.25) is 11.8 Å². The molecule has 51 heavy (non-hydrogen) atoms. The van der Waals surface area contributed by atoms with E-state index < -0.39 is 5.41 Å². The number of nitrogens with zero attached hydrogens (tertiary/aromatic N) is 8. The predicted molar refractivity (Wildman–Crippen MR) is 190 cm³/mol. The second-order valence-electron chi connectivity index (χ2n) is 13.2. The molecular formula is C37H36FN11O2. The lowest BCUT2D eigenvalue weighted by Gasteiger charge is -2.37. The Bertz CT molecular complexity index is 2130. The molecule has 6 aromatic rings. The van der Waals surface area contributed by atoms with Crippen LogP contribution in [0, 0.1) is 11.2 Å². The molecule has 258 valence electrons. The monoisotopic (exact) mass is 685 g/mol. The van der Waals surface area contributed by atoms with Gasteiger partial charge < -0.3 is 15.1 Å². The molecule has 3 aromatic carbocycles. The predicted octanol–water partition coefficient (Wildman–Crippen LogP) is 4.17. The van der Waals surface area contributed by atoms with Crippen LogP contribution in [-0.4, -0.2) is 103 Å². The van der Waals surface area contributed by atoms with E-state index in [0.717, 1.165) is 40.8 Å². The van der Waals surface area contributed by atoms with E-state index >= 15 is 0 Å². The second kappa shape index (κ2) is 13.7. The van der Waals surface area contributed by atoms with Gasteiger partial charge >= 0.3 is 0 Å². The highest BCUT2D eigenvalue weighted by Gasteiger charge is 2.46. The second-order valence-corrected chi connectivity index (χ2v) is 13.2. The van der Waals surface area contributed by atoms with E-state index in [2.05, 4.69) is 62.8 Å². The Balaban J connectivity index is 0.917. The number of hydrogen-bond donors (Lipinski definition) is 3. The number of piperazine rings is 1. The lowest BCUT2D eigenvalue weighted by molar-refractivity contribution is -0.133. The molecule has 8 rings (SSSR count). The molecule has 2 fully saturated rings. The van der Waals surface area contributed by atoms with Crippen molar-refractivity contribution in [1.82, 2.24) is 45.4 Å². The molecule has 2 aliphatic rings. The number of likely N-dealkylation sites (tertiary alicyclic amines) is 1. The van der Waals surface area contributed by atoms with Gasteiger partial charge in [-0.05, 0) is 85.8 Å². The van der Waals surface area contributed by atoms with Gasteiger partial charge in [0.15, 0.2) is 5.82 Å². The number of aromatic amines is 2. The summed E-state index contributed by atoms with van der Waals surface area (Å²) in [6, 6.07) is 21.7. The van der Waals surface area contributed by atoms with Crippen molar-refractivity contribution in [2.45, 2.75) is 12.8 Å². The molecule has 2 amide bonds. The topological polar surface area (TPSA) is 152 Å². The Hall–Kier alpha value is -6.02. The number of benzene rings is 3. The van der Waals surface area contributed by atoms with Crippen LogP contribution in [-0.2, 0) is 16.0 Å². The molecular weight excluding hydrogens is 649 g/mol. The fourth-order valence-corrected chi connectivity index (χ4v) is 7.12. The van der Waals surface area contributed by atoms with Crippen LogP contribution < -0.4 is 10.2 Å². The van der Waals surface area contributed by atoms with Crippen LogP contribution in [0.2, 0.25) is 0 Å². The molecule has 14 heteroatoms. The minimum atomic E-state index is -0.821. The van der Waals surface area contributed by atoms with Crippen LogP contribution in [0.3, 0.4) is 0 Å². The van der Waals surface area contributed by atoms with Gasteiger partial charge in [0, 0.05) is 85.6 Å². The Kier molecular flexibility index (Phi) is 8.66. The first-order valence-electron chi connectivity index (χ1n) is 17.0. The van der Waals surface area contributed by atoms with Crippen molar-refractivity contribution in [1.29, 1.82) is 0 Å². The first-order chi connectivity index (χ1) is 24.9. The van der Waals surface area contributed by atoms with Crippen LogP contribution >= 0.6 is 0 Å². The van der Waals surface area contributed by atoms with Gasteiger partial charge in [-0.25, -0.2) is 14.4 Å². The van der Waals surface area contributed by atoms with Crippen molar-refractivity contribution in [2.75, 3.05) is 56.0 Å². The van der Waals surface area contributed by atoms with Gasteiger partial charge in [-0.3, -0.25) is 24.7 Å². The molecule has 1 atom stereocenters. The fourth-order valence-electron chi connectivity index (χ4n) is 7.12. The van der Waals surface area contributed by atoms with Gasteiger partial charge in [-0.1, -0.05) is 5.21 Å². The first kappa shape index (κ1) is 32.2. The number of halogens is 1. The van der Waals surface area contributed by atoms with Crippen LogP contribution in [0.25, 0.3) is 33.5 Å². The van der Waals surface area contributed by atoms with E-state index in [9.17, 15) is 14.0 Å². The van der Waals surface area contributed by atoms with Crippen LogP contribution in [0.4, 0.5) is 15.8 Å². The number of carbonyl (C=O) groups excluding carboxylic acids is 2. The molecule has 1 unspecified atom stereocenters. The summed E-state index contributed by atoms with van der Waals surface area (Å²) in [7, 11) is 0. The number of fused-ring (bicyclic) bond motifs is 1. The highest BCUT2D eigenvalue weighted by molar-refractivity contribution is 6.00. The Morgan fingerprint density at radius 1 is 0.902 bits per heavy atom. The summed E-state index contributed by atoms with van der Waals surface area (Å²) in [6.45, 7) is 3.95. The van der Waals surface area contributed by atoms with Crippen molar-refractivity contribution in [3.63, 3.8) is 0 Å². The molecule has 2 saturated heterocycles. The first-order valence-corrected chi connectivity index (χ1v) is 17.0. The van der Waals surface area contributed by atoms with E-state index in [1.54, 1.807) is 36.8 Å². The van der Waals surface area contributed by atoms with E-state index in [1.807, 2.05) is 35.2 Å². The number of hydrogen-bond acceptors (Lipinski definition) is 9. The summed E-state index contributed by atoms with van der Waals surface area (Å²) in [5, 5.41) is 22.2. The van der Waals surface area contributed by atoms with Gasteiger partial charge in [-0.15, -0.1) is 5.10 Å². The maximum atomic E-state index is 14.2. The third kappa shape index (κ3) is 6.77. The largest absolute Gasteiger partial charge is 0.368 e. The van der Waals surface area contributed by atoms with Crippen molar-refractivity contribution in [3.05, 3.63) is 103 Å². The highest BCUT2D eigenvalue weighted by atomic mass is 19.1. The summed E-state index contributed by atoms with van der Waals surface area (Å²) in [6.07, 6.45) is 6.11. The zero-order chi connectivity index (χ0) is 34.8. The maximum Gasteiger partial charge on any atom is 0.236 e. The van der Waals surface area contributed by atoms with Crippen molar-refractivity contribution < 1.29 is 14.0 Å². The molecule has 3 N–H and O–H groups in total. The Labute approximate surface area is 292 Å². The fraction of sp³-hybridized carbons (Fsp3) is 0.270. The van der Waals surface area contributed by atoms with E-state index in [4.69, 9.17) is 0 Å². The Morgan fingerprint density at radius 2 is 1.67 bits per heavy atom. The van der Waals surface area contributed by atoms with Crippen molar-refractivity contribution >= 4 is 34.1 Å². The average Bonchev–Trinajstić information content (AvgIpc) is 3.94. The molecule has 3 aromatic heterocycles. The number of amides is 2. The number of aromatic nitrogens is 7. The number of anilines is 2. The zero-order valence-corrected chi connectivity index (χ0v) is 27.8. The number of carbonyl (C=O) groups is 2. The lowest BCUT2D eigenvalue weighted by atomic mass is 9.81. The quantitative estimate of drug-likeness (QED) is 0.204. The molecule has 0 bridgehead atoms. The minimum Gasteiger partial charge on any atom is -0.368 e. The smallest absolute Gasteiger partial charge is 0.236 e. The maximum absolute atomic E-state index is 14.2. The third-order valence-electron chi connectivity index (χ3n) is 9.89. The third-order valence-corrected chi connectivity index (χ3v) is 9.89. The zero-order valence-electron chi connectivity index (χ0n) is 27.8. The molecule has 0 aliphatic carbocycles. The normalized spacial score (nSPS) is 18.0. The average molecular weight is 686 g/mol. The van der Waals surface area contributed by atoms with E-state index in [1.165, 1.54) is 12.1 Å². The van der Waals surface area contributed by atoms with Gasteiger partial charge in [0.25, 0.3) is 0 Å². The summed E-state index contributed by atoms with van der Waals surface area (Å²) in [5.74, 6) is 0.279. The van der Waals surface area contributed by atoms with E-state index in [0.29, 0.717) is 61.9 Å². The summed E-state index contributed by atoms with van der Waals surface area (Å²) >= 11 is 0. The van der Waals surface area contributed by atoms with Crippen LogP contribution in [0.15, 0.2) is 91.4 Å². The number of nitrogens with one attached hydrogen (secondary N) is 3. The Morgan fingerprint density at radius 3 is 2.41 bits per heavy atom. The molecule has 0 spiro atoms. The van der Waals surface area contributed by atoms with Crippen LogP contribution in [0.5, 0.6) is 0 Å². The van der Waals surface area contributed by atoms with Gasteiger partial charge in [-0.2, -0.15) is 5.10 Å². The molecule has 2 aliphatic heterocycles. The van der Waals surface area contributed by atoms with Crippen molar-refractivity contribution in [2.24, 2.45) is 5.41 Å². The lowest BCUT2D eigenvalue weighted by Crippen LogP contribution is -2.51. The van der Waals surface area contributed by atoms with Crippen molar-refractivity contribution in [3.8, 4) is 22.6 Å². The summed E-state index contributed by atoms with van der Waals surface area (Å²) in [4.78, 5) is 42.6. The summed E-state index contributed by atoms with van der Waals surface area (Å²) in [5.41, 5.74) is 4.77. The number of H-pyrrole nitrogens is 2. The standard InChI is InChI=1S/C37H36FN11O2/c38-27-6-2-25(3-7-27)34-31-20-28(8-11-32(31)44-45-34)42-36(51)37(21-29-22-41-46-43-29)12-15-47(24-37)23-33(50)49-18-16-48(17-19-49)30-9-4-26(5-10-30)35-39-13-1-14-40-35/h1-11,13-14,20,22H,12,15-19,21,23-24H2,(H,42,51)(H,44,45)(H,41,43,46). The molecule has 5 heterocycles. The molecule has 13 nitrogen and oxygen atoms in total. The SMILES string of the molecule is O=C(CN1CCC(Cc2c[nH]nn2)(C(=O)Nc2ccc3[nH]nc(-c4ccc(F)cc4)c3c2)C1)N1CCN(c2ccc(-c3ncccn3)cc2)CC1. The number of rotatable bonds is 9. The molecule has 0 radical (unpaired) electrons. The molecule has 0 saturated carbocycles. The van der Waals surface area contributed by atoms with E-state index in [-0.39, 0.29) is 24.2 Å². The van der Waals surface area contributed by atoms with Gasteiger partial charge in [0.05, 0.1) is 28.9 Å². The minimum absolute atomic E-state index is 0.0580. The van der Waals surface area contributed by atoms with Gasteiger partial charge in [0.1, 0.15) is 5.82 Å². The highest BCUT2D eigenvalue weighted by Crippen LogP contribution is 2.36.